The van der Waals surface area contributed by atoms with Crippen LogP contribution in [0.2, 0.25) is 0 Å². The van der Waals surface area contributed by atoms with Gasteiger partial charge >= 0.3 is 0 Å². The van der Waals surface area contributed by atoms with E-state index in [0.29, 0.717) is 22.6 Å². The lowest BCUT2D eigenvalue weighted by atomic mass is 10.2. The van der Waals surface area contributed by atoms with Gasteiger partial charge in [-0.3, -0.25) is 9.52 Å². The number of hydrogen-bond acceptors (Lipinski definition) is 6. The van der Waals surface area contributed by atoms with Crippen molar-refractivity contribution in [2.75, 3.05) is 11.8 Å². The van der Waals surface area contributed by atoms with Gasteiger partial charge in [0.25, 0.3) is 10.0 Å². The molecule has 2 aromatic carbocycles. The number of ether oxygens (including phenoxy) is 1. The lowest BCUT2D eigenvalue weighted by Gasteiger charge is -2.12. The number of fused-ring (bicyclic) bond motifs is 2. The number of hydrogen-bond donors (Lipinski definition) is 1. The molecule has 0 saturated heterocycles. The summed E-state index contributed by atoms with van der Waals surface area (Å²) in [7, 11) is -2.26. The minimum absolute atomic E-state index is 0.0868. The topological polar surface area (TPSA) is 85.4 Å². The van der Waals surface area contributed by atoms with Crippen LogP contribution in [0.4, 0.5) is 5.69 Å². The van der Waals surface area contributed by atoms with Crippen LogP contribution < -0.4 is 14.9 Å². The lowest BCUT2D eigenvalue weighted by molar-refractivity contribution is 0.414. The Morgan fingerprint density at radius 3 is 2.56 bits per heavy atom. The van der Waals surface area contributed by atoms with Crippen LogP contribution in [-0.2, 0) is 10.0 Å². The number of rotatable bonds is 4. The highest BCUT2D eigenvalue weighted by Crippen LogP contribution is 2.33. The van der Waals surface area contributed by atoms with E-state index in [1.54, 1.807) is 30.3 Å². The monoisotopic (exact) mass is 398 g/mol. The summed E-state index contributed by atoms with van der Waals surface area (Å²) in [5.41, 5.74) is 1.47. The Balaban J connectivity index is 1.80. The van der Waals surface area contributed by atoms with Gasteiger partial charge in [-0.25, -0.2) is 13.4 Å². The molecule has 2 aromatic rings. The van der Waals surface area contributed by atoms with Gasteiger partial charge in [-0.05, 0) is 48.5 Å². The second kappa shape index (κ2) is 6.64. The van der Waals surface area contributed by atoms with Gasteiger partial charge in [0, 0.05) is 6.07 Å². The highest BCUT2D eigenvalue weighted by molar-refractivity contribution is 7.92. The zero-order valence-corrected chi connectivity index (χ0v) is 15.8. The molecule has 1 N–H and O–H groups in total. The molecule has 1 aliphatic carbocycles. The number of nitrogens with one attached hydrogen (secondary N) is 1. The molecule has 6 nitrogen and oxygen atoms in total. The van der Waals surface area contributed by atoms with Gasteiger partial charge in [0.15, 0.2) is 5.43 Å². The average Bonchev–Trinajstić information content (AvgIpc) is 2.66. The van der Waals surface area contributed by atoms with Gasteiger partial charge in [0.05, 0.1) is 33.0 Å². The van der Waals surface area contributed by atoms with Crippen LogP contribution in [0.3, 0.4) is 0 Å². The molecule has 0 atom stereocenters. The molecule has 1 heterocycles. The predicted molar refractivity (Wildman–Crippen MR) is 106 cm³/mol. The predicted octanol–water partition coefficient (Wildman–Crippen LogP) is 3.57. The largest absolute Gasteiger partial charge is 0.497 e. The second-order valence-corrected chi connectivity index (χ2v) is 8.54. The minimum atomic E-state index is -3.78. The van der Waals surface area contributed by atoms with Crippen LogP contribution >= 0.6 is 11.3 Å². The molecular weight excluding hydrogens is 384 g/mol. The van der Waals surface area contributed by atoms with Crippen molar-refractivity contribution < 1.29 is 13.2 Å². The first kappa shape index (κ1) is 17.4. The molecule has 0 spiro atoms. The van der Waals surface area contributed by atoms with Crippen molar-refractivity contribution >= 4 is 37.3 Å². The normalized spacial score (nSPS) is 11.6. The van der Waals surface area contributed by atoms with Crippen molar-refractivity contribution in [1.29, 1.82) is 0 Å². The Morgan fingerprint density at radius 1 is 1.04 bits per heavy atom. The highest BCUT2D eigenvalue weighted by atomic mass is 32.2. The van der Waals surface area contributed by atoms with Crippen molar-refractivity contribution in [3.05, 3.63) is 70.9 Å². The Hall–Kier alpha value is -2.97. The fourth-order valence-corrected chi connectivity index (χ4v) is 4.76. The number of benzene rings is 3. The van der Waals surface area contributed by atoms with E-state index in [4.69, 9.17) is 4.74 Å². The minimum Gasteiger partial charge on any atom is -0.497 e. The first-order valence-corrected chi connectivity index (χ1v) is 10.3. The Labute approximate surface area is 159 Å². The van der Waals surface area contributed by atoms with Crippen molar-refractivity contribution in [3.8, 4) is 16.3 Å². The Kier molecular flexibility index (Phi) is 4.29. The Bertz CT molecular complexity index is 1270. The van der Waals surface area contributed by atoms with E-state index in [-0.39, 0.29) is 10.3 Å². The van der Waals surface area contributed by atoms with Crippen LogP contribution in [0.25, 0.3) is 20.8 Å². The van der Waals surface area contributed by atoms with Crippen molar-refractivity contribution in [1.82, 2.24) is 4.98 Å². The maximum atomic E-state index is 12.7. The van der Waals surface area contributed by atoms with Gasteiger partial charge in [-0.15, -0.1) is 11.3 Å². The molecule has 0 saturated carbocycles. The summed E-state index contributed by atoms with van der Waals surface area (Å²) in [5, 5.41) is 0. The summed E-state index contributed by atoms with van der Waals surface area (Å²) in [6.07, 6.45) is 0. The molecule has 0 aromatic heterocycles. The number of sulfonamides is 1. The maximum absolute atomic E-state index is 12.7. The summed E-state index contributed by atoms with van der Waals surface area (Å²) in [4.78, 5) is 17.0. The van der Waals surface area contributed by atoms with Gasteiger partial charge in [-0.1, -0.05) is 6.07 Å². The van der Waals surface area contributed by atoms with E-state index in [2.05, 4.69) is 9.71 Å². The molecule has 4 rings (SSSR count). The third kappa shape index (κ3) is 3.36. The molecule has 0 fully saturated rings. The van der Waals surface area contributed by atoms with Crippen LogP contribution in [-0.4, -0.2) is 20.5 Å². The number of nitrogens with zero attached hydrogens (tertiary/aromatic N) is 1. The summed E-state index contributed by atoms with van der Waals surface area (Å²) in [6, 6.07) is 16.0. The number of para-hydroxylation sites is 1. The number of methoxy groups -OCH3 is 1. The lowest BCUT2D eigenvalue weighted by Crippen LogP contribution is -2.13. The molecule has 0 amide bonds. The second-order valence-electron chi connectivity index (χ2n) is 5.78. The molecule has 0 radical (unpaired) electrons. The van der Waals surface area contributed by atoms with Crippen molar-refractivity contribution in [2.24, 2.45) is 0 Å². The van der Waals surface area contributed by atoms with E-state index >= 15 is 0 Å². The standard InChI is InChI=1S/C19H14N2O4S2/c1-25-13-6-8-14(9-7-13)27(23,24)21-16-3-2-4-17-19(16)20-15-10-5-12(22)11-18(15)26-17/h2-11,21H,1H3. The quantitative estimate of drug-likeness (QED) is 0.531. The maximum Gasteiger partial charge on any atom is 0.261 e. The van der Waals surface area contributed by atoms with Crippen molar-refractivity contribution in [2.45, 2.75) is 4.90 Å². The summed E-state index contributed by atoms with van der Waals surface area (Å²) < 4.78 is 33.9. The number of anilines is 1. The SMILES string of the molecule is COc1ccc(S(=O)(=O)Nc2cccc3sc4cc(=O)ccc-4nc23)cc1. The van der Waals surface area contributed by atoms with Gasteiger partial charge < -0.3 is 4.74 Å². The Morgan fingerprint density at radius 2 is 1.81 bits per heavy atom. The molecule has 27 heavy (non-hydrogen) atoms. The third-order valence-electron chi connectivity index (χ3n) is 4.00. The van der Waals surface area contributed by atoms with E-state index in [1.165, 1.54) is 42.7 Å². The smallest absolute Gasteiger partial charge is 0.261 e. The first-order valence-electron chi connectivity index (χ1n) is 7.97. The zero-order chi connectivity index (χ0) is 19.0. The number of aromatic nitrogens is 1. The first-order chi connectivity index (χ1) is 13.0. The summed E-state index contributed by atoms with van der Waals surface area (Å²) in [5.74, 6) is 0.576. The van der Waals surface area contributed by atoms with E-state index < -0.39 is 10.0 Å². The van der Waals surface area contributed by atoms with Crippen LogP contribution in [0, 0.1) is 0 Å². The van der Waals surface area contributed by atoms with E-state index in [0.717, 1.165) is 9.58 Å². The fraction of sp³-hybridized carbons (Fsp3) is 0.0526. The molecule has 136 valence electrons. The average molecular weight is 398 g/mol. The van der Waals surface area contributed by atoms with E-state index in [1.807, 2.05) is 6.07 Å². The van der Waals surface area contributed by atoms with Crippen LogP contribution in [0.1, 0.15) is 0 Å². The summed E-state index contributed by atoms with van der Waals surface area (Å²) in [6.45, 7) is 0. The molecular formula is C19H14N2O4S2. The van der Waals surface area contributed by atoms with Crippen LogP contribution in [0.15, 0.2) is 70.4 Å². The molecule has 0 unspecified atom stereocenters. The molecule has 2 aliphatic rings. The van der Waals surface area contributed by atoms with Crippen LogP contribution in [0.5, 0.6) is 5.75 Å². The van der Waals surface area contributed by atoms with Gasteiger partial charge in [0.2, 0.25) is 0 Å². The van der Waals surface area contributed by atoms with Gasteiger partial charge in [-0.2, -0.15) is 0 Å². The highest BCUT2D eigenvalue weighted by Gasteiger charge is 2.17. The molecule has 8 heteroatoms. The third-order valence-corrected chi connectivity index (χ3v) is 6.47. The fourth-order valence-electron chi connectivity index (χ4n) is 2.67. The molecule has 0 bridgehead atoms. The van der Waals surface area contributed by atoms with Gasteiger partial charge in [0.1, 0.15) is 11.3 Å². The summed E-state index contributed by atoms with van der Waals surface area (Å²) >= 11 is 1.39. The van der Waals surface area contributed by atoms with E-state index in [9.17, 15) is 13.2 Å². The van der Waals surface area contributed by atoms with Crippen molar-refractivity contribution in [3.63, 3.8) is 0 Å². The zero-order valence-electron chi connectivity index (χ0n) is 14.2. The molecule has 1 aliphatic heterocycles.